The van der Waals surface area contributed by atoms with Crippen LogP contribution < -0.4 is 0 Å². The zero-order valence-electron chi connectivity index (χ0n) is 21.7. The standard InChI is InChI=1S/C30H50O/c1-20(2)9-8-10-21(3)22-13-16-28(7)24-12-11-23-26(4,5)15-14-25(31)30(23)19-29(24,30)18-17-27(22,28)6/h14,20-24,31H,8-13,15-19H2,1-7H3/t21-,22-,23+,24+,27+,28-,29-,30+/m1/s1. The number of allylic oxidation sites excluding steroid dienone is 2. The van der Waals surface area contributed by atoms with Crippen molar-refractivity contribution in [1.29, 1.82) is 0 Å². The first-order chi connectivity index (χ1) is 14.4. The van der Waals surface area contributed by atoms with Crippen LogP contribution >= 0.6 is 0 Å². The molecule has 0 aromatic rings. The normalized spacial score (nSPS) is 50.7. The highest BCUT2D eigenvalue weighted by Gasteiger charge is 2.83. The maximum atomic E-state index is 11.3. The third-order valence-electron chi connectivity index (χ3n) is 12.7. The van der Waals surface area contributed by atoms with Crippen molar-refractivity contribution in [3.63, 3.8) is 0 Å². The molecule has 4 fully saturated rings. The molecule has 1 nitrogen and oxygen atoms in total. The Morgan fingerprint density at radius 2 is 1.61 bits per heavy atom. The Morgan fingerprint density at radius 3 is 2.32 bits per heavy atom. The molecule has 2 spiro atoms. The van der Waals surface area contributed by atoms with E-state index < -0.39 is 0 Å². The zero-order valence-corrected chi connectivity index (χ0v) is 21.7. The minimum Gasteiger partial charge on any atom is -0.512 e. The Labute approximate surface area is 192 Å². The fraction of sp³-hybridized carbons (Fsp3) is 0.933. The molecule has 5 aliphatic rings. The second kappa shape index (κ2) is 6.79. The van der Waals surface area contributed by atoms with E-state index >= 15 is 0 Å². The average Bonchev–Trinajstić information content (AvgIpc) is 3.30. The van der Waals surface area contributed by atoms with Gasteiger partial charge in [-0.3, -0.25) is 0 Å². The maximum absolute atomic E-state index is 11.3. The molecule has 0 saturated heterocycles. The predicted molar refractivity (Wildman–Crippen MR) is 131 cm³/mol. The number of aliphatic hydroxyl groups excluding tert-OH is 1. The zero-order chi connectivity index (χ0) is 22.4. The summed E-state index contributed by atoms with van der Waals surface area (Å²) in [5.74, 6) is 4.94. The van der Waals surface area contributed by atoms with E-state index in [1.54, 1.807) is 0 Å². The van der Waals surface area contributed by atoms with Crippen LogP contribution in [0.25, 0.3) is 0 Å². The number of rotatable bonds is 5. The first kappa shape index (κ1) is 22.3. The van der Waals surface area contributed by atoms with Crippen molar-refractivity contribution in [2.24, 2.45) is 56.7 Å². The lowest BCUT2D eigenvalue weighted by Crippen LogP contribution is -2.56. The van der Waals surface area contributed by atoms with Gasteiger partial charge >= 0.3 is 0 Å². The molecule has 0 heterocycles. The lowest BCUT2D eigenvalue weighted by molar-refractivity contribution is -0.134. The van der Waals surface area contributed by atoms with Gasteiger partial charge in [0.05, 0.1) is 5.76 Å². The summed E-state index contributed by atoms with van der Waals surface area (Å²) in [6, 6.07) is 0. The quantitative estimate of drug-likeness (QED) is 0.465. The van der Waals surface area contributed by atoms with E-state index in [4.69, 9.17) is 0 Å². The van der Waals surface area contributed by atoms with Gasteiger partial charge in [0.2, 0.25) is 0 Å². The molecular weight excluding hydrogens is 376 g/mol. The van der Waals surface area contributed by atoms with E-state index in [2.05, 4.69) is 54.5 Å². The SMILES string of the molecule is CC(C)CCC[C@@H](C)[C@H]1CC[C@]2(C)[C@@H]3CC[C@H]4C(C)(C)CC=C(O)[C@]45C[C@]35CC[C@@]12C. The average molecular weight is 427 g/mol. The molecule has 5 rings (SSSR count). The maximum Gasteiger partial charge on any atom is 0.0953 e. The molecule has 0 amide bonds. The van der Waals surface area contributed by atoms with Crippen molar-refractivity contribution in [2.45, 2.75) is 119 Å². The Kier molecular flexibility index (Phi) is 4.89. The van der Waals surface area contributed by atoms with E-state index in [9.17, 15) is 5.11 Å². The van der Waals surface area contributed by atoms with Crippen LogP contribution in [0.3, 0.4) is 0 Å². The molecule has 176 valence electrons. The van der Waals surface area contributed by atoms with Crippen LogP contribution in [0.15, 0.2) is 11.8 Å². The first-order valence-electron chi connectivity index (χ1n) is 13.8. The van der Waals surface area contributed by atoms with E-state index in [1.165, 1.54) is 64.2 Å². The van der Waals surface area contributed by atoms with Gasteiger partial charge in [0.25, 0.3) is 0 Å². The number of hydrogen-bond donors (Lipinski definition) is 1. The summed E-state index contributed by atoms with van der Waals surface area (Å²) < 4.78 is 0. The van der Waals surface area contributed by atoms with Crippen molar-refractivity contribution in [3.05, 3.63) is 11.8 Å². The lowest BCUT2D eigenvalue weighted by atomic mass is 9.42. The third-order valence-corrected chi connectivity index (χ3v) is 12.7. The second-order valence-electron chi connectivity index (χ2n) is 14.6. The van der Waals surface area contributed by atoms with E-state index in [0.717, 1.165) is 35.9 Å². The lowest BCUT2D eigenvalue weighted by Gasteiger charge is -2.62. The summed E-state index contributed by atoms with van der Waals surface area (Å²) in [4.78, 5) is 0. The van der Waals surface area contributed by atoms with Gasteiger partial charge in [0.15, 0.2) is 0 Å². The molecule has 0 unspecified atom stereocenters. The van der Waals surface area contributed by atoms with Gasteiger partial charge in [-0.25, -0.2) is 0 Å². The molecule has 0 aliphatic heterocycles. The summed E-state index contributed by atoms with van der Waals surface area (Å²) >= 11 is 0. The highest BCUT2D eigenvalue weighted by atomic mass is 16.3. The number of aliphatic hydroxyl groups is 1. The molecule has 1 heteroatoms. The summed E-state index contributed by atoms with van der Waals surface area (Å²) in [6.07, 6.45) is 17.3. The van der Waals surface area contributed by atoms with Crippen LogP contribution in [0.4, 0.5) is 0 Å². The number of hydrogen-bond acceptors (Lipinski definition) is 1. The van der Waals surface area contributed by atoms with Gasteiger partial charge < -0.3 is 5.11 Å². The molecular formula is C30H50O. The smallest absolute Gasteiger partial charge is 0.0953 e. The van der Waals surface area contributed by atoms with E-state index in [-0.39, 0.29) is 5.41 Å². The first-order valence-corrected chi connectivity index (χ1v) is 13.8. The summed E-state index contributed by atoms with van der Waals surface area (Å²) in [5.41, 5.74) is 1.88. The van der Waals surface area contributed by atoms with Crippen molar-refractivity contribution >= 4 is 0 Å². The topological polar surface area (TPSA) is 20.2 Å². The van der Waals surface area contributed by atoms with Gasteiger partial charge in [-0.2, -0.15) is 0 Å². The molecule has 8 atom stereocenters. The van der Waals surface area contributed by atoms with Crippen molar-refractivity contribution in [2.75, 3.05) is 0 Å². The summed E-state index contributed by atoms with van der Waals surface area (Å²) in [5, 5.41) is 11.3. The van der Waals surface area contributed by atoms with Crippen LogP contribution in [0.2, 0.25) is 0 Å². The van der Waals surface area contributed by atoms with Gasteiger partial charge in [0.1, 0.15) is 0 Å². The van der Waals surface area contributed by atoms with E-state index in [0.29, 0.717) is 27.6 Å². The van der Waals surface area contributed by atoms with Crippen LogP contribution in [-0.4, -0.2) is 5.11 Å². The Morgan fingerprint density at radius 1 is 0.903 bits per heavy atom. The molecule has 31 heavy (non-hydrogen) atoms. The molecule has 0 bridgehead atoms. The Balaban J connectivity index is 1.42. The minimum absolute atomic E-state index is 0.142. The predicted octanol–water partition coefficient (Wildman–Crippen LogP) is 8.94. The number of fused-ring (bicyclic) bond motifs is 2. The van der Waals surface area contributed by atoms with Crippen LogP contribution in [-0.2, 0) is 0 Å². The largest absolute Gasteiger partial charge is 0.512 e. The fourth-order valence-corrected chi connectivity index (χ4v) is 10.9. The van der Waals surface area contributed by atoms with Crippen molar-refractivity contribution in [1.82, 2.24) is 0 Å². The minimum atomic E-state index is 0.142. The summed E-state index contributed by atoms with van der Waals surface area (Å²) in [6.45, 7) is 17.7. The van der Waals surface area contributed by atoms with Crippen molar-refractivity contribution in [3.8, 4) is 0 Å². The molecule has 5 aliphatic carbocycles. The molecule has 1 N–H and O–H groups in total. The highest BCUT2D eigenvalue weighted by molar-refractivity contribution is 5.38. The molecule has 0 radical (unpaired) electrons. The second-order valence-corrected chi connectivity index (χ2v) is 14.6. The Hall–Kier alpha value is -0.460. The van der Waals surface area contributed by atoms with Gasteiger partial charge in [0, 0.05) is 5.41 Å². The fourth-order valence-electron chi connectivity index (χ4n) is 10.9. The molecule has 0 aromatic carbocycles. The van der Waals surface area contributed by atoms with Crippen LogP contribution in [0.1, 0.15) is 119 Å². The van der Waals surface area contributed by atoms with Crippen molar-refractivity contribution < 1.29 is 5.11 Å². The monoisotopic (exact) mass is 426 g/mol. The Bertz CT molecular complexity index is 762. The third kappa shape index (κ3) is 2.67. The van der Waals surface area contributed by atoms with E-state index in [1.807, 2.05) is 0 Å². The molecule has 4 saturated carbocycles. The van der Waals surface area contributed by atoms with Gasteiger partial charge in [-0.1, -0.05) is 67.7 Å². The van der Waals surface area contributed by atoms with Crippen LogP contribution in [0.5, 0.6) is 0 Å². The van der Waals surface area contributed by atoms with Crippen LogP contribution in [0, 0.1) is 56.7 Å². The highest BCUT2D eigenvalue weighted by Crippen LogP contribution is 2.89. The van der Waals surface area contributed by atoms with Gasteiger partial charge in [-0.05, 0) is 109 Å². The summed E-state index contributed by atoms with van der Waals surface area (Å²) in [7, 11) is 0. The van der Waals surface area contributed by atoms with Gasteiger partial charge in [-0.15, -0.1) is 0 Å². The molecule has 0 aromatic heterocycles.